The van der Waals surface area contributed by atoms with Crippen molar-refractivity contribution < 1.29 is 9.47 Å². The fourth-order valence-corrected chi connectivity index (χ4v) is 4.38. The number of benzene rings is 2. The average Bonchev–Trinajstić information content (AvgIpc) is 3.06. The maximum atomic E-state index is 5.93. The Kier molecular flexibility index (Phi) is 5.52. The SMILES string of the molecule is COc1cc(C2NCCc3c2[nH]c2cc(C)cc(C)c32)ccc1OCCN(C)C. The Morgan fingerprint density at radius 2 is 1.93 bits per heavy atom. The number of fused-ring (bicyclic) bond motifs is 3. The number of hydrogen-bond acceptors (Lipinski definition) is 4. The molecule has 1 atom stereocenters. The maximum absolute atomic E-state index is 5.93. The van der Waals surface area contributed by atoms with Gasteiger partial charge in [0.05, 0.1) is 13.2 Å². The molecule has 1 aromatic heterocycles. The predicted molar refractivity (Wildman–Crippen MR) is 118 cm³/mol. The Labute approximate surface area is 173 Å². The molecule has 5 nitrogen and oxygen atoms in total. The second kappa shape index (κ2) is 8.09. The molecule has 3 aromatic rings. The number of aryl methyl sites for hydroxylation is 2. The van der Waals surface area contributed by atoms with Gasteiger partial charge in [0.2, 0.25) is 0 Å². The molecule has 29 heavy (non-hydrogen) atoms. The smallest absolute Gasteiger partial charge is 0.161 e. The van der Waals surface area contributed by atoms with Crippen molar-refractivity contribution in [1.82, 2.24) is 15.2 Å². The quantitative estimate of drug-likeness (QED) is 0.665. The topological polar surface area (TPSA) is 49.5 Å². The van der Waals surface area contributed by atoms with Crippen LogP contribution < -0.4 is 14.8 Å². The Morgan fingerprint density at radius 3 is 2.69 bits per heavy atom. The second-order valence-corrected chi connectivity index (χ2v) is 8.22. The van der Waals surface area contributed by atoms with Crippen molar-refractivity contribution in [2.45, 2.75) is 26.3 Å². The molecule has 0 radical (unpaired) electrons. The van der Waals surface area contributed by atoms with Gasteiger partial charge in [0.15, 0.2) is 11.5 Å². The first-order valence-corrected chi connectivity index (χ1v) is 10.3. The van der Waals surface area contributed by atoms with Gasteiger partial charge >= 0.3 is 0 Å². The third-order valence-electron chi connectivity index (χ3n) is 5.71. The summed E-state index contributed by atoms with van der Waals surface area (Å²) < 4.78 is 11.6. The van der Waals surface area contributed by atoms with E-state index in [0.717, 1.165) is 31.0 Å². The van der Waals surface area contributed by atoms with E-state index in [0.29, 0.717) is 6.61 Å². The molecule has 0 aliphatic carbocycles. The number of aromatic nitrogens is 1. The van der Waals surface area contributed by atoms with E-state index in [4.69, 9.17) is 9.47 Å². The van der Waals surface area contributed by atoms with E-state index in [1.165, 1.54) is 38.9 Å². The molecular weight excluding hydrogens is 362 g/mol. The Balaban J connectivity index is 1.69. The van der Waals surface area contributed by atoms with Crippen LogP contribution >= 0.6 is 0 Å². The van der Waals surface area contributed by atoms with Gasteiger partial charge < -0.3 is 24.7 Å². The van der Waals surface area contributed by atoms with Crippen molar-refractivity contribution >= 4 is 10.9 Å². The second-order valence-electron chi connectivity index (χ2n) is 8.22. The summed E-state index contributed by atoms with van der Waals surface area (Å²) >= 11 is 0. The van der Waals surface area contributed by atoms with Gasteiger partial charge in [-0.2, -0.15) is 0 Å². The number of aromatic amines is 1. The Hall–Kier alpha value is -2.50. The van der Waals surface area contributed by atoms with Crippen LogP contribution in [0.2, 0.25) is 0 Å². The van der Waals surface area contributed by atoms with Crippen LogP contribution in [0, 0.1) is 13.8 Å². The molecule has 4 rings (SSSR count). The Morgan fingerprint density at radius 1 is 1.10 bits per heavy atom. The number of nitrogens with zero attached hydrogens (tertiary/aromatic N) is 1. The van der Waals surface area contributed by atoms with Crippen LogP contribution in [0.15, 0.2) is 30.3 Å². The Bertz CT molecular complexity index is 1020. The maximum Gasteiger partial charge on any atom is 0.161 e. The highest BCUT2D eigenvalue weighted by atomic mass is 16.5. The average molecular weight is 394 g/mol. The van der Waals surface area contributed by atoms with Crippen molar-refractivity contribution in [1.29, 1.82) is 0 Å². The highest BCUT2D eigenvalue weighted by Gasteiger charge is 2.26. The van der Waals surface area contributed by atoms with Crippen LogP contribution in [0.1, 0.15) is 34.0 Å². The van der Waals surface area contributed by atoms with Crippen molar-refractivity contribution in [3.8, 4) is 11.5 Å². The normalized spacial score (nSPS) is 16.3. The minimum absolute atomic E-state index is 0.121. The molecule has 0 saturated carbocycles. The number of likely N-dealkylation sites (N-methyl/N-ethyl adjacent to an activating group) is 1. The van der Waals surface area contributed by atoms with Crippen LogP contribution in [-0.4, -0.2) is 50.8 Å². The number of hydrogen-bond donors (Lipinski definition) is 2. The van der Waals surface area contributed by atoms with Gasteiger partial charge in [-0.1, -0.05) is 12.1 Å². The summed E-state index contributed by atoms with van der Waals surface area (Å²) in [6, 6.07) is 10.9. The molecular formula is C24H31N3O2. The number of nitrogens with one attached hydrogen (secondary N) is 2. The van der Waals surface area contributed by atoms with Gasteiger partial charge in [-0.05, 0) is 74.8 Å². The third-order valence-corrected chi connectivity index (χ3v) is 5.71. The van der Waals surface area contributed by atoms with Crippen LogP contribution in [-0.2, 0) is 6.42 Å². The molecule has 0 bridgehead atoms. The number of H-pyrrole nitrogens is 1. The lowest BCUT2D eigenvalue weighted by molar-refractivity contribution is 0.250. The summed E-state index contributed by atoms with van der Waals surface area (Å²) in [5, 5.41) is 5.06. The lowest BCUT2D eigenvalue weighted by Crippen LogP contribution is -2.30. The first-order valence-electron chi connectivity index (χ1n) is 10.3. The molecule has 2 N–H and O–H groups in total. The summed E-state index contributed by atoms with van der Waals surface area (Å²) in [6.07, 6.45) is 1.04. The predicted octanol–water partition coefficient (Wildman–Crippen LogP) is 3.97. The van der Waals surface area contributed by atoms with Crippen LogP contribution in [0.25, 0.3) is 10.9 Å². The summed E-state index contributed by atoms with van der Waals surface area (Å²) in [6.45, 7) is 6.83. The van der Waals surface area contributed by atoms with E-state index in [1.54, 1.807) is 7.11 Å². The molecule has 154 valence electrons. The van der Waals surface area contributed by atoms with Gasteiger partial charge in [0, 0.05) is 29.7 Å². The van der Waals surface area contributed by atoms with Gasteiger partial charge in [0.25, 0.3) is 0 Å². The molecule has 2 heterocycles. The van der Waals surface area contributed by atoms with Crippen molar-refractivity contribution in [3.63, 3.8) is 0 Å². The minimum atomic E-state index is 0.121. The van der Waals surface area contributed by atoms with E-state index in [2.05, 4.69) is 53.3 Å². The third kappa shape index (κ3) is 3.85. The summed E-state index contributed by atoms with van der Waals surface area (Å²) in [4.78, 5) is 5.81. The molecule has 0 saturated heterocycles. The molecule has 0 fully saturated rings. The largest absolute Gasteiger partial charge is 0.493 e. The van der Waals surface area contributed by atoms with Gasteiger partial charge in [0.1, 0.15) is 6.61 Å². The zero-order valence-electron chi connectivity index (χ0n) is 18.1. The number of methoxy groups -OCH3 is 1. The minimum Gasteiger partial charge on any atom is -0.493 e. The zero-order chi connectivity index (χ0) is 20.5. The van der Waals surface area contributed by atoms with Crippen LogP contribution in [0.3, 0.4) is 0 Å². The van der Waals surface area contributed by atoms with E-state index in [-0.39, 0.29) is 6.04 Å². The van der Waals surface area contributed by atoms with E-state index in [9.17, 15) is 0 Å². The fraction of sp³-hybridized carbons (Fsp3) is 0.417. The van der Waals surface area contributed by atoms with Crippen LogP contribution in [0.4, 0.5) is 0 Å². The van der Waals surface area contributed by atoms with Crippen molar-refractivity contribution in [2.24, 2.45) is 0 Å². The number of ether oxygens (including phenoxy) is 2. The standard InChI is InChI=1S/C24H31N3O2/c1-15-12-16(2)22-18-8-9-25-23(24(18)26-19(22)13-15)17-6-7-20(21(14-17)28-5)29-11-10-27(3)4/h6-7,12-14,23,25-26H,8-11H2,1-5H3. The van der Waals surface area contributed by atoms with Crippen molar-refractivity contribution in [2.75, 3.05) is 40.9 Å². The van der Waals surface area contributed by atoms with Gasteiger partial charge in [-0.15, -0.1) is 0 Å². The summed E-state index contributed by atoms with van der Waals surface area (Å²) in [7, 11) is 5.78. The zero-order valence-corrected chi connectivity index (χ0v) is 18.1. The molecule has 1 aliphatic rings. The summed E-state index contributed by atoms with van der Waals surface area (Å²) in [5.41, 5.74) is 7.76. The van der Waals surface area contributed by atoms with Gasteiger partial charge in [-0.25, -0.2) is 0 Å². The molecule has 0 spiro atoms. The van der Waals surface area contributed by atoms with E-state index in [1.807, 2.05) is 20.2 Å². The highest BCUT2D eigenvalue weighted by molar-refractivity contribution is 5.89. The molecule has 5 heteroatoms. The summed E-state index contributed by atoms with van der Waals surface area (Å²) in [5.74, 6) is 1.57. The molecule has 2 aromatic carbocycles. The number of rotatable bonds is 6. The molecule has 1 aliphatic heterocycles. The monoisotopic (exact) mass is 393 g/mol. The first-order chi connectivity index (χ1) is 14.0. The molecule has 0 amide bonds. The van der Waals surface area contributed by atoms with Crippen molar-refractivity contribution in [3.05, 3.63) is 58.3 Å². The lowest BCUT2D eigenvalue weighted by Gasteiger charge is -2.25. The fourth-order valence-electron chi connectivity index (χ4n) is 4.38. The highest BCUT2D eigenvalue weighted by Crippen LogP contribution is 2.38. The van der Waals surface area contributed by atoms with E-state index < -0.39 is 0 Å². The van der Waals surface area contributed by atoms with Crippen LogP contribution in [0.5, 0.6) is 11.5 Å². The first kappa shape index (κ1) is 19.8. The van der Waals surface area contributed by atoms with E-state index >= 15 is 0 Å². The molecule has 1 unspecified atom stereocenters. The lowest BCUT2D eigenvalue weighted by atomic mass is 9.92. The van der Waals surface area contributed by atoms with Gasteiger partial charge in [-0.3, -0.25) is 0 Å².